The van der Waals surface area contributed by atoms with Crippen molar-refractivity contribution in [2.45, 2.75) is 110 Å². The van der Waals surface area contributed by atoms with E-state index in [9.17, 15) is 0 Å². The quantitative estimate of drug-likeness (QED) is 0.616. The maximum absolute atomic E-state index is 7.55. The number of fused-ring (bicyclic) bond motifs is 5. The molecule has 0 aliphatic heterocycles. The Labute approximate surface area is 156 Å². The average molecular weight is 346 g/mol. The molecule has 0 aromatic rings. The normalized spacial score (nSPS) is 55.3. The van der Waals surface area contributed by atoms with Gasteiger partial charge in [-0.1, -0.05) is 59.8 Å². The third-order valence-electron chi connectivity index (χ3n) is 10.3. The lowest BCUT2D eigenvalue weighted by atomic mass is 9.40. The van der Waals surface area contributed by atoms with E-state index in [1.165, 1.54) is 77.0 Å². The smallest absolute Gasteiger partial charge is 0.0224 e. The minimum Gasteiger partial charge on any atom is -0.325 e. The molecule has 0 spiro atoms. The predicted octanol–water partition coefficient (Wildman–Crippen LogP) is 6.55. The van der Waals surface area contributed by atoms with Crippen LogP contribution in [0.1, 0.15) is 105 Å². The topological polar surface area (TPSA) is 26.0 Å². The number of nitrogens with two attached hydrogens (primary N) is 1. The summed E-state index contributed by atoms with van der Waals surface area (Å²) in [5.41, 5.74) is 8.77. The van der Waals surface area contributed by atoms with Crippen molar-refractivity contribution >= 4 is 0 Å². The highest BCUT2D eigenvalue weighted by atomic mass is 14.9. The Kier molecular flexibility index (Phi) is 4.58. The fourth-order valence-electron chi connectivity index (χ4n) is 9.21. The van der Waals surface area contributed by atoms with Crippen LogP contribution in [-0.2, 0) is 0 Å². The summed E-state index contributed by atoms with van der Waals surface area (Å²) in [7, 11) is 0. The van der Waals surface area contributed by atoms with E-state index in [2.05, 4.69) is 27.7 Å². The van der Waals surface area contributed by atoms with E-state index < -0.39 is 0 Å². The minimum absolute atomic E-state index is 0.138. The van der Waals surface area contributed by atoms with Gasteiger partial charge in [0, 0.05) is 5.54 Å². The molecule has 2 N–H and O–H groups in total. The van der Waals surface area contributed by atoms with Crippen LogP contribution < -0.4 is 5.73 Å². The van der Waals surface area contributed by atoms with Gasteiger partial charge in [-0.05, 0) is 85.4 Å². The van der Waals surface area contributed by atoms with Crippen LogP contribution in [-0.4, -0.2) is 5.54 Å². The highest BCUT2D eigenvalue weighted by Crippen LogP contribution is 2.69. The average Bonchev–Trinajstić information content (AvgIpc) is 2.92. The van der Waals surface area contributed by atoms with Crippen molar-refractivity contribution in [3.63, 3.8) is 0 Å². The summed E-state index contributed by atoms with van der Waals surface area (Å²) in [5.74, 6) is 4.39. The van der Waals surface area contributed by atoms with E-state index in [-0.39, 0.29) is 5.54 Å². The first-order valence-corrected chi connectivity index (χ1v) is 11.7. The molecule has 0 saturated heterocycles. The second kappa shape index (κ2) is 6.25. The molecule has 0 heterocycles. The first-order chi connectivity index (χ1) is 11.9. The van der Waals surface area contributed by atoms with E-state index in [1.807, 2.05) is 0 Å². The van der Waals surface area contributed by atoms with Crippen LogP contribution >= 0.6 is 0 Å². The van der Waals surface area contributed by atoms with Crippen LogP contribution in [0.25, 0.3) is 0 Å². The third-order valence-corrected chi connectivity index (χ3v) is 10.3. The van der Waals surface area contributed by atoms with Crippen LogP contribution in [0.2, 0.25) is 0 Å². The summed E-state index contributed by atoms with van der Waals surface area (Å²) in [4.78, 5) is 0. The molecule has 4 saturated carbocycles. The van der Waals surface area contributed by atoms with E-state index >= 15 is 0 Å². The van der Waals surface area contributed by atoms with Crippen molar-refractivity contribution in [3.8, 4) is 0 Å². The second-order valence-corrected chi connectivity index (χ2v) is 11.1. The Morgan fingerprint density at radius 2 is 1.64 bits per heavy atom. The summed E-state index contributed by atoms with van der Waals surface area (Å²) < 4.78 is 0. The predicted molar refractivity (Wildman–Crippen MR) is 107 cm³/mol. The van der Waals surface area contributed by atoms with Crippen molar-refractivity contribution in [3.05, 3.63) is 0 Å². The monoisotopic (exact) mass is 345 g/mol. The fraction of sp³-hybridized carbons (Fsp3) is 1.00. The van der Waals surface area contributed by atoms with Crippen LogP contribution in [0, 0.1) is 40.4 Å². The van der Waals surface area contributed by atoms with Gasteiger partial charge >= 0.3 is 0 Å². The zero-order chi connectivity index (χ0) is 17.9. The molecule has 144 valence electrons. The molecular formula is C24H43N. The molecule has 4 aliphatic carbocycles. The van der Waals surface area contributed by atoms with Crippen LogP contribution in [0.4, 0.5) is 0 Å². The first kappa shape index (κ1) is 18.3. The van der Waals surface area contributed by atoms with Crippen LogP contribution in [0.5, 0.6) is 0 Å². The molecule has 1 nitrogen and oxygen atoms in total. The molecule has 1 heteroatoms. The Morgan fingerprint density at radius 3 is 2.36 bits per heavy atom. The SMILES string of the molecule is CCCC1CC[C@@H]2C1(C)CC[C@@H]1C3(C)CCCCC3[C@@H](CC)CC21N. The van der Waals surface area contributed by atoms with Gasteiger partial charge < -0.3 is 5.73 Å². The highest BCUT2D eigenvalue weighted by molar-refractivity contribution is 5.19. The molecule has 0 radical (unpaired) electrons. The van der Waals surface area contributed by atoms with E-state index in [4.69, 9.17) is 5.73 Å². The summed E-state index contributed by atoms with van der Waals surface area (Å²) in [6, 6.07) is 0. The molecule has 8 atom stereocenters. The van der Waals surface area contributed by atoms with Crippen LogP contribution in [0.3, 0.4) is 0 Å². The molecule has 0 bridgehead atoms. The van der Waals surface area contributed by atoms with Crippen LogP contribution in [0.15, 0.2) is 0 Å². The molecule has 0 aromatic carbocycles. The number of hydrogen-bond acceptors (Lipinski definition) is 1. The van der Waals surface area contributed by atoms with Gasteiger partial charge in [0.2, 0.25) is 0 Å². The van der Waals surface area contributed by atoms with Gasteiger partial charge in [-0.3, -0.25) is 0 Å². The molecular weight excluding hydrogens is 302 g/mol. The Morgan fingerprint density at radius 1 is 0.880 bits per heavy atom. The molecule has 0 aromatic heterocycles. The first-order valence-electron chi connectivity index (χ1n) is 11.7. The zero-order valence-electron chi connectivity index (χ0n) is 17.4. The second-order valence-electron chi connectivity index (χ2n) is 11.1. The van der Waals surface area contributed by atoms with Gasteiger partial charge in [-0.2, -0.15) is 0 Å². The lowest BCUT2D eigenvalue weighted by molar-refractivity contribution is -0.149. The molecule has 4 rings (SSSR count). The van der Waals surface area contributed by atoms with Crippen molar-refractivity contribution < 1.29 is 0 Å². The number of hydrogen-bond donors (Lipinski definition) is 1. The van der Waals surface area contributed by atoms with Gasteiger partial charge in [0.05, 0.1) is 0 Å². The van der Waals surface area contributed by atoms with Gasteiger partial charge in [-0.15, -0.1) is 0 Å². The largest absolute Gasteiger partial charge is 0.325 e. The summed E-state index contributed by atoms with van der Waals surface area (Å²) in [5, 5.41) is 0. The molecule has 4 aliphatic rings. The van der Waals surface area contributed by atoms with E-state index in [0.29, 0.717) is 10.8 Å². The maximum Gasteiger partial charge on any atom is 0.0224 e. The Balaban J connectivity index is 1.71. The van der Waals surface area contributed by atoms with Gasteiger partial charge in [0.25, 0.3) is 0 Å². The number of rotatable bonds is 3. The molecule has 25 heavy (non-hydrogen) atoms. The zero-order valence-corrected chi connectivity index (χ0v) is 17.4. The van der Waals surface area contributed by atoms with E-state index in [1.54, 1.807) is 0 Å². The van der Waals surface area contributed by atoms with Crippen molar-refractivity contribution in [1.82, 2.24) is 0 Å². The van der Waals surface area contributed by atoms with Crippen molar-refractivity contribution in [2.75, 3.05) is 0 Å². The lowest BCUT2D eigenvalue weighted by Gasteiger charge is -2.67. The molecule has 0 amide bonds. The Bertz CT molecular complexity index is 500. The van der Waals surface area contributed by atoms with Gasteiger partial charge in [0.15, 0.2) is 0 Å². The van der Waals surface area contributed by atoms with Gasteiger partial charge in [0.1, 0.15) is 0 Å². The Hall–Kier alpha value is -0.0400. The molecule has 5 unspecified atom stereocenters. The van der Waals surface area contributed by atoms with Crippen molar-refractivity contribution in [1.29, 1.82) is 0 Å². The van der Waals surface area contributed by atoms with Gasteiger partial charge in [-0.25, -0.2) is 0 Å². The fourth-order valence-corrected chi connectivity index (χ4v) is 9.21. The standard InChI is InChI=1S/C24H43N/c1-5-9-18-11-12-20-22(18,3)15-13-21-23(4)14-8-7-10-19(23)17(6-2)16-24(20,21)25/h17-21H,5-16,25H2,1-4H3/t17-,18?,19?,20+,21+,22?,23?,24?/m0/s1. The minimum atomic E-state index is 0.138. The third kappa shape index (κ3) is 2.43. The van der Waals surface area contributed by atoms with E-state index in [0.717, 1.165) is 29.6 Å². The highest BCUT2D eigenvalue weighted by Gasteiger charge is 2.66. The maximum atomic E-state index is 7.55. The molecule has 4 fully saturated rings. The van der Waals surface area contributed by atoms with Crippen molar-refractivity contribution in [2.24, 2.45) is 46.2 Å². The summed E-state index contributed by atoms with van der Waals surface area (Å²) in [6.45, 7) is 10.1. The summed E-state index contributed by atoms with van der Waals surface area (Å²) in [6.07, 6.45) is 17.1. The lowest BCUT2D eigenvalue weighted by Crippen LogP contribution is -2.69. The summed E-state index contributed by atoms with van der Waals surface area (Å²) >= 11 is 0.